The number of carboxylic acids is 1. The molecule has 2 aromatic carbocycles. The lowest BCUT2D eigenvalue weighted by Gasteiger charge is -2.15. The van der Waals surface area contributed by atoms with E-state index in [-0.39, 0.29) is 0 Å². The van der Waals surface area contributed by atoms with Crippen molar-refractivity contribution in [2.24, 2.45) is 0 Å². The van der Waals surface area contributed by atoms with E-state index in [4.69, 9.17) is 5.11 Å². The van der Waals surface area contributed by atoms with Crippen LogP contribution in [0.5, 0.6) is 0 Å². The number of anilines is 1. The predicted octanol–water partition coefficient (Wildman–Crippen LogP) is 4.25. The zero-order valence-electron chi connectivity index (χ0n) is 10.8. The molecule has 20 heavy (non-hydrogen) atoms. The molecule has 0 heterocycles. The van der Waals surface area contributed by atoms with E-state index in [9.17, 15) is 4.79 Å². The number of fused-ring (bicyclic) bond motifs is 1. The second-order valence-corrected chi connectivity index (χ2v) is 5.88. The molecule has 0 saturated carbocycles. The number of rotatable bonds is 3. The maximum Gasteiger partial charge on any atom is 0.335 e. The topological polar surface area (TPSA) is 49.3 Å². The van der Waals surface area contributed by atoms with Crippen molar-refractivity contribution in [3.05, 3.63) is 63.6 Å². The molecule has 0 aliphatic heterocycles. The standard InChI is InChI=1S/C16H14BrNO2/c17-12-4-7-14-11(9-12)3-8-15(14)18-13-5-1-10(2-6-13)16(19)20/h1-2,4-7,9,15,18H,3,8H2,(H,19,20). The van der Waals surface area contributed by atoms with Crippen LogP contribution in [0.1, 0.15) is 33.9 Å². The molecule has 0 bridgehead atoms. The minimum Gasteiger partial charge on any atom is -0.478 e. The van der Waals surface area contributed by atoms with Crippen LogP contribution in [0.25, 0.3) is 0 Å². The van der Waals surface area contributed by atoms with Gasteiger partial charge in [-0.05, 0) is 60.4 Å². The highest BCUT2D eigenvalue weighted by Gasteiger charge is 2.22. The number of aryl methyl sites for hydroxylation is 1. The average molecular weight is 332 g/mol. The van der Waals surface area contributed by atoms with E-state index in [2.05, 4.69) is 39.4 Å². The highest BCUT2D eigenvalue weighted by molar-refractivity contribution is 9.10. The summed E-state index contributed by atoms with van der Waals surface area (Å²) in [6.45, 7) is 0. The Labute approximate surface area is 125 Å². The van der Waals surface area contributed by atoms with Crippen LogP contribution >= 0.6 is 15.9 Å². The summed E-state index contributed by atoms with van der Waals surface area (Å²) in [4.78, 5) is 10.8. The molecule has 4 heteroatoms. The first kappa shape index (κ1) is 13.2. The maximum atomic E-state index is 10.8. The first-order chi connectivity index (χ1) is 9.63. The second kappa shape index (κ2) is 5.29. The number of aromatic carboxylic acids is 1. The molecule has 0 spiro atoms. The van der Waals surface area contributed by atoms with Gasteiger partial charge in [-0.1, -0.05) is 22.0 Å². The van der Waals surface area contributed by atoms with Gasteiger partial charge in [-0.3, -0.25) is 0 Å². The number of benzene rings is 2. The SMILES string of the molecule is O=C(O)c1ccc(NC2CCc3cc(Br)ccc32)cc1. The van der Waals surface area contributed by atoms with Gasteiger partial charge in [0, 0.05) is 10.2 Å². The van der Waals surface area contributed by atoms with Crippen LogP contribution in [0.3, 0.4) is 0 Å². The first-order valence-electron chi connectivity index (χ1n) is 6.52. The monoisotopic (exact) mass is 331 g/mol. The molecule has 3 rings (SSSR count). The summed E-state index contributed by atoms with van der Waals surface area (Å²) in [6, 6.07) is 13.6. The van der Waals surface area contributed by atoms with Gasteiger partial charge in [0.2, 0.25) is 0 Å². The zero-order valence-corrected chi connectivity index (χ0v) is 12.4. The van der Waals surface area contributed by atoms with Gasteiger partial charge < -0.3 is 10.4 Å². The largest absolute Gasteiger partial charge is 0.478 e. The Bertz CT molecular complexity index is 652. The molecule has 2 N–H and O–H groups in total. The van der Waals surface area contributed by atoms with Crippen molar-refractivity contribution in [1.82, 2.24) is 0 Å². The minimum atomic E-state index is -0.896. The average Bonchev–Trinajstić information content (AvgIpc) is 2.81. The molecular weight excluding hydrogens is 318 g/mol. The number of nitrogens with one attached hydrogen (secondary N) is 1. The Morgan fingerprint density at radius 2 is 1.95 bits per heavy atom. The number of hydrogen-bond donors (Lipinski definition) is 2. The van der Waals surface area contributed by atoms with Gasteiger partial charge in [0.15, 0.2) is 0 Å². The highest BCUT2D eigenvalue weighted by atomic mass is 79.9. The molecule has 102 valence electrons. The van der Waals surface area contributed by atoms with Gasteiger partial charge in [0.05, 0.1) is 11.6 Å². The molecule has 0 aromatic heterocycles. The van der Waals surface area contributed by atoms with Gasteiger partial charge in [-0.15, -0.1) is 0 Å². The van der Waals surface area contributed by atoms with Crippen LogP contribution in [-0.4, -0.2) is 11.1 Å². The second-order valence-electron chi connectivity index (χ2n) is 4.96. The molecule has 1 atom stereocenters. The van der Waals surface area contributed by atoms with Crippen molar-refractivity contribution in [3.63, 3.8) is 0 Å². The van der Waals surface area contributed by atoms with Crippen molar-refractivity contribution in [3.8, 4) is 0 Å². The molecule has 0 amide bonds. The Hall–Kier alpha value is -1.81. The van der Waals surface area contributed by atoms with Gasteiger partial charge >= 0.3 is 5.97 Å². The van der Waals surface area contributed by atoms with Crippen molar-refractivity contribution in [2.75, 3.05) is 5.32 Å². The molecule has 0 radical (unpaired) electrons. The first-order valence-corrected chi connectivity index (χ1v) is 7.31. The van der Waals surface area contributed by atoms with Crippen LogP contribution in [-0.2, 0) is 6.42 Å². The van der Waals surface area contributed by atoms with E-state index in [1.165, 1.54) is 11.1 Å². The van der Waals surface area contributed by atoms with Crippen LogP contribution < -0.4 is 5.32 Å². The highest BCUT2D eigenvalue weighted by Crippen LogP contribution is 2.35. The van der Waals surface area contributed by atoms with E-state index < -0.39 is 5.97 Å². The lowest BCUT2D eigenvalue weighted by Crippen LogP contribution is -2.07. The Morgan fingerprint density at radius 3 is 2.65 bits per heavy atom. The lowest BCUT2D eigenvalue weighted by molar-refractivity contribution is 0.0697. The molecule has 2 aromatic rings. The van der Waals surface area contributed by atoms with Gasteiger partial charge in [-0.25, -0.2) is 4.79 Å². The Kier molecular flexibility index (Phi) is 3.49. The summed E-state index contributed by atoms with van der Waals surface area (Å²) < 4.78 is 1.11. The van der Waals surface area contributed by atoms with Crippen molar-refractivity contribution < 1.29 is 9.90 Å². The lowest BCUT2D eigenvalue weighted by atomic mass is 10.1. The van der Waals surface area contributed by atoms with Gasteiger partial charge in [0.25, 0.3) is 0 Å². The third kappa shape index (κ3) is 2.56. The fourth-order valence-corrected chi connectivity index (χ4v) is 3.05. The van der Waals surface area contributed by atoms with Crippen molar-refractivity contribution >= 4 is 27.6 Å². The van der Waals surface area contributed by atoms with Crippen LogP contribution in [0, 0.1) is 0 Å². The maximum absolute atomic E-state index is 10.8. The molecule has 3 nitrogen and oxygen atoms in total. The molecule has 0 fully saturated rings. The fraction of sp³-hybridized carbons (Fsp3) is 0.188. The number of carbonyl (C=O) groups is 1. The summed E-state index contributed by atoms with van der Waals surface area (Å²) >= 11 is 3.50. The molecule has 1 aliphatic carbocycles. The molecule has 0 saturated heterocycles. The quantitative estimate of drug-likeness (QED) is 0.884. The summed E-state index contributed by atoms with van der Waals surface area (Å²) in [5, 5.41) is 12.4. The van der Waals surface area contributed by atoms with Gasteiger partial charge in [-0.2, -0.15) is 0 Å². The number of carboxylic acid groups (broad SMARTS) is 1. The van der Waals surface area contributed by atoms with Crippen molar-refractivity contribution in [2.45, 2.75) is 18.9 Å². The van der Waals surface area contributed by atoms with E-state index in [1.807, 2.05) is 12.1 Å². The molecule has 1 unspecified atom stereocenters. The summed E-state index contributed by atoms with van der Waals surface area (Å²) in [7, 11) is 0. The van der Waals surface area contributed by atoms with Crippen molar-refractivity contribution in [1.29, 1.82) is 0 Å². The van der Waals surface area contributed by atoms with Crippen LogP contribution in [0.15, 0.2) is 46.9 Å². The third-order valence-electron chi connectivity index (χ3n) is 3.66. The molecular formula is C16H14BrNO2. The van der Waals surface area contributed by atoms with E-state index in [0.717, 1.165) is 23.0 Å². The third-order valence-corrected chi connectivity index (χ3v) is 4.15. The Balaban J connectivity index is 1.78. The zero-order chi connectivity index (χ0) is 14.1. The summed E-state index contributed by atoms with van der Waals surface area (Å²) in [5.41, 5.74) is 3.97. The fourth-order valence-electron chi connectivity index (χ4n) is 2.65. The Morgan fingerprint density at radius 1 is 1.20 bits per heavy atom. The van der Waals surface area contributed by atoms with E-state index >= 15 is 0 Å². The number of halogens is 1. The van der Waals surface area contributed by atoms with Crippen LogP contribution in [0.2, 0.25) is 0 Å². The number of hydrogen-bond acceptors (Lipinski definition) is 2. The smallest absolute Gasteiger partial charge is 0.335 e. The van der Waals surface area contributed by atoms with E-state index in [0.29, 0.717) is 11.6 Å². The normalized spacial score (nSPS) is 16.8. The minimum absolute atomic E-state index is 0.300. The predicted molar refractivity (Wildman–Crippen MR) is 82.2 cm³/mol. The summed E-state index contributed by atoms with van der Waals surface area (Å²) in [6.07, 6.45) is 2.13. The molecule has 1 aliphatic rings. The summed E-state index contributed by atoms with van der Waals surface area (Å²) in [5.74, 6) is -0.896. The van der Waals surface area contributed by atoms with Gasteiger partial charge in [0.1, 0.15) is 0 Å². The van der Waals surface area contributed by atoms with Crippen LogP contribution in [0.4, 0.5) is 5.69 Å². The van der Waals surface area contributed by atoms with E-state index in [1.54, 1.807) is 12.1 Å².